The van der Waals surface area contributed by atoms with E-state index in [2.05, 4.69) is 0 Å². The van der Waals surface area contributed by atoms with Gasteiger partial charge in [-0.2, -0.15) is 0 Å². The first-order chi connectivity index (χ1) is 57.5. The van der Waals surface area contributed by atoms with Crippen LogP contribution >= 0.6 is 0 Å². The van der Waals surface area contributed by atoms with E-state index in [1.807, 2.05) is 0 Å². The summed E-state index contributed by atoms with van der Waals surface area (Å²) in [5, 5.41) is 185. The van der Waals surface area contributed by atoms with E-state index in [1.54, 1.807) is 41.5 Å². The molecular formula is C85H112O37. The molecule has 37 heteroatoms. The first-order valence-electron chi connectivity index (χ1n) is 42.0. The monoisotopic (exact) mass is 1720 g/mol. The molecule has 674 valence electrons. The Morgan fingerprint density at radius 1 is 0.484 bits per heavy atom. The minimum absolute atomic E-state index is 0.0101. The van der Waals surface area contributed by atoms with E-state index >= 15 is 19.2 Å². The summed E-state index contributed by atoms with van der Waals surface area (Å²) in [6.07, 6.45) is -35.1. The van der Waals surface area contributed by atoms with Gasteiger partial charge >= 0.3 is 0 Å². The van der Waals surface area contributed by atoms with Gasteiger partial charge < -0.3 is 152 Å². The minimum Gasteiger partial charge on any atom is -0.507 e. The number of phenolic OH excluding ortho intramolecular Hbond substituents is 4. The molecule has 7 saturated heterocycles. The van der Waals surface area contributed by atoms with Crippen molar-refractivity contribution >= 4 is 51.0 Å². The number of methoxy groups -OCH3 is 3. The second-order valence-electron chi connectivity index (χ2n) is 35.1. The summed E-state index contributed by atoms with van der Waals surface area (Å²) in [7, 11) is 3.09. The van der Waals surface area contributed by atoms with Crippen molar-refractivity contribution in [3.8, 4) is 34.5 Å². The van der Waals surface area contributed by atoms with Crippen molar-refractivity contribution in [3.63, 3.8) is 0 Å². The van der Waals surface area contributed by atoms with Crippen molar-refractivity contribution in [1.82, 2.24) is 0 Å². The van der Waals surface area contributed by atoms with E-state index in [-0.39, 0.29) is 81.6 Å². The molecule has 37 nitrogen and oxygen atoms in total. The lowest BCUT2D eigenvalue weighted by Gasteiger charge is -2.60. The number of carbonyl (C=O) groups excluding carboxylic acids is 6. The summed E-state index contributed by atoms with van der Waals surface area (Å²) in [4.78, 5) is 89.5. The van der Waals surface area contributed by atoms with Crippen LogP contribution in [-0.2, 0) is 82.3 Å². The number of phenols is 4. The van der Waals surface area contributed by atoms with Gasteiger partial charge in [0.2, 0.25) is 23.1 Å². The predicted octanol–water partition coefficient (Wildman–Crippen LogP) is 2.40. The zero-order valence-electron chi connectivity index (χ0n) is 70.0. The first-order valence-corrected chi connectivity index (χ1v) is 42.0. The second-order valence-corrected chi connectivity index (χ2v) is 35.1. The number of hydrogen-bond donors (Lipinski definition) is 15. The highest BCUT2D eigenvalue weighted by molar-refractivity contribution is 6.43. The topological polar surface area (TPSA) is 554 Å². The van der Waals surface area contributed by atoms with Crippen LogP contribution in [0.4, 0.5) is 0 Å². The molecule has 7 heterocycles. The number of ketones is 6. The molecule has 0 radical (unpaired) electrons. The third kappa shape index (κ3) is 13.6. The van der Waals surface area contributed by atoms with Gasteiger partial charge in [-0.15, -0.1) is 0 Å². The van der Waals surface area contributed by atoms with E-state index < -0.39 is 344 Å². The molecule has 3 aromatic rings. The highest BCUT2D eigenvalue weighted by Crippen LogP contribution is 2.69. The van der Waals surface area contributed by atoms with Gasteiger partial charge in [-0.25, -0.2) is 0 Å². The van der Waals surface area contributed by atoms with Crippen LogP contribution in [0, 0.1) is 11.8 Å². The quantitative estimate of drug-likeness (QED) is 0.0642. The number of aromatic hydroxyl groups is 4. The van der Waals surface area contributed by atoms with E-state index in [0.717, 1.165) is 21.3 Å². The minimum atomic E-state index is -3.21. The number of rotatable bonds is 22. The lowest BCUT2D eigenvalue weighted by molar-refractivity contribution is -0.358. The van der Waals surface area contributed by atoms with Gasteiger partial charge in [0.1, 0.15) is 82.0 Å². The average molecular weight is 1730 g/mol. The van der Waals surface area contributed by atoms with Gasteiger partial charge in [0.15, 0.2) is 77.8 Å². The molecule has 0 aromatic heterocycles. The number of aliphatic hydroxyl groups excluding tert-OH is 6. The first kappa shape index (κ1) is 90.1. The lowest BCUT2D eigenvalue weighted by Crippen LogP contribution is -2.80. The van der Waals surface area contributed by atoms with Crippen molar-refractivity contribution in [2.24, 2.45) is 11.8 Å². The number of fused-ring (bicyclic) bond motifs is 6. The molecule has 12 aliphatic rings. The van der Waals surface area contributed by atoms with Crippen LogP contribution in [0.25, 0.3) is 16.3 Å². The number of ether oxygens (including phenoxy) is 16. The molecule has 2 saturated carbocycles. The van der Waals surface area contributed by atoms with Gasteiger partial charge in [-0.05, 0) is 112 Å². The molecule has 122 heavy (non-hydrogen) atoms. The Hall–Kier alpha value is -6.68. The Labute approximate surface area is 700 Å². The number of hydrogen-bond acceptors (Lipinski definition) is 37. The number of carbonyl (C=O) groups is 6. The fourth-order valence-electron chi connectivity index (χ4n) is 21.7. The molecule has 15 N–H and O–H groups in total. The van der Waals surface area contributed by atoms with Crippen molar-refractivity contribution in [2.75, 3.05) is 21.3 Å². The Kier molecular flexibility index (Phi) is 24.3. The summed E-state index contributed by atoms with van der Waals surface area (Å²) in [5.74, 6) is -17.3. The van der Waals surface area contributed by atoms with Gasteiger partial charge in [-0.1, -0.05) is 26.7 Å². The third-order valence-corrected chi connectivity index (χ3v) is 28.3. The van der Waals surface area contributed by atoms with Crippen LogP contribution in [0.2, 0.25) is 0 Å². The molecule has 3 aromatic carbocycles. The Morgan fingerprint density at radius 3 is 1.44 bits per heavy atom. The Bertz CT molecular complexity index is 4640. The average Bonchev–Trinajstić information content (AvgIpc) is 1.47. The molecule has 5 aliphatic carbocycles. The molecule has 15 rings (SSSR count). The van der Waals surface area contributed by atoms with Gasteiger partial charge in [-0.3, -0.25) is 28.8 Å². The highest BCUT2D eigenvalue weighted by Gasteiger charge is 2.82. The van der Waals surface area contributed by atoms with E-state index in [9.17, 15) is 86.2 Å². The largest absolute Gasteiger partial charge is 0.507 e. The van der Waals surface area contributed by atoms with E-state index in [0.29, 0.717) is 0 Å². The zero-order chi connectivity index (χ0) is 88.5. The van der Waals surface area contributed by atoms with Crippen LogP contribution in [0.5, 0.6) is 34.5 Å². The maximum atomic E-state index is 16.4. The van der Waals surface area contributed by atoms with Crippen molar-refractivity contribution in [3.05, 3.63) is 50.8 Å². The fraction of sp³-hybridized carbons (Fsp3) is 0.718. The van der Waals surface area contributed by atoms with Crippen molar-refractivity contribution < 1.29 is 181 Å². The summed E-state index contributed by atoms with van der Waals surface area (Å²) in [5.41, 5.74) is -21.6. The summed E-state index contributed by atoms with van der Waals surface area (Å²) in [6.45, 7) is 15.1. The molecule has 7 aliphatic heterocycles. The third-order valence-electron chi connectivity index (χ3n) is 28.3. The number of benzene rings is 3. The molecule has 0 spiro atoms. The summed E-state index contributed by atoms with van der Waals surface area (Å²) < 4.78 is 101. The van der Waals surface area contributed by atoms with Gasteiger partial charge in [0, 0.05) is 55.4 Å². The van der Waals surface area contributed by atoms with E-state index in [4.69, 9.17) is 75.8 Å². The van der Waals surface area contributed by atoms with Crippen LogP contribution < -0.4 is 9.47 Å². The number of allylic oxidation sites excluding steroid dienone is 2. The van der Waals surface area contributed by atoms with Crippen LogP contribution in [0.3, 0.4) is 0 Å². The molecule has 0 amide bonds. The molecule has 4 bridgehead atoms. The lowest BCUT2D eigenvalue weighted by atomic mass is 9.53. The SMILES string of the molecule is CCCC1(O)C(OC2CCC(OC3CCC(O)(C(C)=O)C(C)O3)C(C)O2)C(O)C(OC2CC(O)C(O)C(C)O2)C2Cc3cc4c(OC)c(OC)c(C5=C(OC)C(=O)c6c(O)c7c(c(O)c6C5=O)C(=O)C5(O)C6C7OC5(CCC)C(OC5CCC(OC7CCC(O)(C(C)=O)C(C)O7)C(C)O5)C(O)C6OC5CC(O)C(O)C(C)O5)c(O)c4c(O)c3C(=O)C21O. The molecule has 33 atom stereocenters. The standard InChI is InChI=1S/C85H112O37/c1-14-22-82(104)78(120-45-18-16-43(30(3)110-45)116-47-20-24-80(102,34(7)86)36(9)114-47)68(98)71(118-49-28-41(88)60(90)32(5)112-49)40-27-38-26-39-52(62(92)51(38)76(100)84(40,82)105)63(93)56(74(109-13)70(39)107-11)55-64(94)53-54(67(97)73(55)108-12)65(95)57-58(66(53)96)77(101)85(106)59-72(57)122-83(85,23-15-2)79(69(99)75(59)119-50-29-42(89)61(91)33(6)113-50)121-46-19-17-44(31(4)111-46)117-48-21-25-81(103,35(8)87)37(10)115-48/h26,30-33,36-37,40-50,59-61,68-69,71-72,75,78-79,88-93,95-96,98-99,102-106H,14-25,27-29H2,1-13H3. The predicted molar refractivity (Wildman–Crippen MR) is 412 cm³/mol. The highest BCUT2D eigenvalue weighted by atomic mass is 16.8. The van der Waals surface area contributed by atoms with Crippen LogP contribution in [-0.4, -0.2) is 314 Å². The summed E-state index contributed by atoms with van der Waals surface area (Å²) >= 11 is 0. The Morgan fingerprint density at radius 2 is 0.959 bits per heavy atom. The fourth-order valence-corrected chi connectivity index (χ4v) is 21.7. The van der Waals surface area contributed by atoms with E-state index in [1.165, 1.54) is 33.8 Å². The number of Topliss-reactive ketones (excluding diaryl/α,β-unsaturated/α-hetero) is 6. The van der Waals surface area contributed by atoms with Crippen molar-refractivity contribution in [1.29, 1.82) is 0 Å². The van der Waals surface area contributed by atoms with Gasteiger partial charge in [0.25, 0.3) is 0 Å². The normalized spacial score (nSPS) is 43.2. The van der Waals surface area contributed by atoms with Crippen molar-refractivity contribution in [2.45, 2.75) is 353 Å². The molecular weight excluding hydrogens is 1610 g/mol. The van der Waals surface area contributed by atoms with Crippen LogP contribution in [0.1, 0.15) is 223 Å². The molecule has 9 fully saturated rings. The smallest absolute Gasteiger partial charge is 0.232 e. The van der Waals surface area contributed by atoms with Gasteiger partial charge in [0.05, 0.1) is 145 Å². The molecule has 33 unspecified atom stereocenters. The second kappa shape index (κ2) is 32.9. The summed E-state index contributed by atoms with van der Waals surface area (Å²) in [6, 6.07) is 1.25. The number of aliphatic hydroxyl groups is 11. The maximum absolute atomic E-state index is 16.4. The Balaban J connectivity index is 0.798. The maximum Gasteiger partial charge on any atom is 0.232 e. The zero-order valence-corrected chi connectivity index (χ0v) is 70.0. The van der Waals surface area contributed by atoms with Crippen LogP contribution in [0.15, 0.2) is 11.8 Å².